The fourth-order valence-electron chi connectivity index (χ4n) is 6.22. The molecule has 0 bridgehead atoms. The summed E-state index contributed by atoms with van der Waals surface area (Å²) in [6, 6.07) is 16.8. The molecule has 1 fully saturated rings. The highest BCUT2D eigenvalue weighted by Crippen LogP contribution is 2.40. The first-order valence-electron chi connectivity index (χ1n) is 14.8. The second-order valence-corrected chi connectivity index (χ2v) is 12.3. The Morgan fingerprint density at radius 2 is 1.71 bits per heavy atom. The molecule has 42 heavy (non-hydrogen) atoms. The van der Waals surface area contributed by atoms with Gasteiger partial charge < -0.3 is 19.9 Å². The Kier molecular flexibility index (Phi) is 9.63. The van der Waals surface area contributed by atoms with E-state index in [0.717, 1.165) is 65.4 Å². The average molecular weight is 635 g/mol. The van der Waals surface area contributed by atoms with Crippen molar-refractivity contribution in [2.24, 2.45) is 0 Å². The number of rotatable bonds is 10. The molecule has 1 N–H and O–H groups in total. The van der Waals surface area contributed by atoms with Gasteiger partial charge in [0.15, 0.2) is 5.82 Å². The van der Waals surface area contributed by atoms with Gasteiger partial charge in [-0.25, -0.2) is 14.4 Å². The van der Waals surface area contributed by atoms with Crippen molar-refractivity contribution in [1.82, 2.24) is 14.9 Å². The Labute approximate surface area is 257 Å². The Bertz CT molecular complexity index is 1520. The lowest BCUT2D eigenvalue weighted by Crippen LogP contribution is -2.42. The van der Waals surface area contributed by atoms with Crippen molar-refractivity contribution in [1.29, 1.82) is 0 Å². The lowest BCUT2D eigenvalue weighted by Gasteiger charge is -2.40. The van der Waals surface area contributed by atoms with Crippen molar-refractivity contribution in [3.63, 3.8) is 0 Å². The number of nitrogens with one attached hydrogen (secondary N) is 1. The van der Waals surface area contributed by atoms with E-state index in [9.17, 15) is 0 Å². The Morgan fingerprint density at radius 3 is 2.40 bits per heavy atom. The highest BCUT2D eigenvalue weighted by molar-refractivity contribution is 9.10. The number of ether oxygens (including phenoxy) is 1. The predicted octanol–water partition coefficient (Wildman–Crippen LogP) is 8.04. The smallest absolute Gasteiger partial charge is 0.219 e. The molecule has 2 aromatic carbocycles. The SMILES string of the molecule is CCN(c1c(F)c(Br)cc2c(NCc3c(C)cc(C)nc3OCc3ccccc3)nccc12)[C@H]1CC[C@@H](N(C)C)CC1. The van der Waals surface area contributed by atoms with Gasteiger partial charge in [0.05, 0.1) is 10.2 Å². The van der Waals surface area contributed by atoms with Crippen LogP contribution in [0.2, 0.25) is 0 Å². The van der Waals surface area contributed by atoms with E-state index in [1.165, 1.54) is 0 Å². The van der Waals surface area contributed by atoms with Crippen LogP contribution < -0.4 is 15.0 Å². The maximum atomic E-state index is 15.9. The van der Waals surface area contributed by atoms with E-state index in [0.29, 0.717) is 47.1 Å². The van der Waals surface area contributed by atoms with Gasteiger partial charge in [-0.1, -0.05) is 30.3 Å². The molecule has 5 rings (SSSR count). The quantitative estimate of drug-likeness (QED) is 0.191. The standard InChI is InChI=1S/C34H41BrFN5O/c1-6-41(26-14-12-25(13-15-26)40(4)5)32-27-16-17-37-33(28(27)19-30(35)31(32)36)38-20-29-22(2)18-23(3)39-34(29)42-21-24-10-8-7-9-11-24/h7-11,16-19,25-26H,6,12-15,20-21H2,1-5H3,(H,37,38)/t25-,26+. The topological polar surface area (TPSA) is 53.5 Å². The number of aryl methyl sites for hydroxylation is 2. The lowest BCUT2D eigenvalue weighted by molar-refractivity contribution is 0.214. The van der Waals surface area contributed by atoms with Crippen LogP contribution in [0.3, 0.4) is 0 Å². The normalized spacial score (nSPS) is 17.0. The molecule has 0 saturated heterocycles. The number of fused-ring (bicyclic) bond motifs is 1. The Hall–Kier alpha value is -3.23. The van der Waals surface area contributed by atoms with Crippen LogP contribution in [0.5, 0.6) is 5.88 Å². The van der Waals surface area contributed by atoms with Gasteiger partial charge in [0.2, 0.25) is 5.88 Å². The number of anilines is 2. The number of halogens is 2. The van der Waals surface area contributed by atoms with E-state index in [4.69, 9.17) is 14.7 Å². The molecule has 0 atom stereocenters. The zero-order valence-corrected chi connectivity index (χ0v) is 26.8. The van der Waals surface area contributed by atoms with Crippen LogP contribution in [-0.2, 0) is 13.2 Å². The third-order valence-corrected chi connectivity index (χ3v) is 9.06. The third kappa shape index (κ3) is 6.55. The Balaban J connectivity index is 1.44. The van der Waals surface area contributed by atoms with E-state index in [-0.39, 0.29) is 5.82 Å². The fourth-order valence-corrected chi connectivity index (χ4v) is 6.63. The molecule has 1 aliphatic carbocycles. The van der Waals surface area contributed by atoms with E-state index in [2.05, 4.69) is 65.1 Å². The highest BCUT2D eigenvalue weighted by Gasteiger charge is 2.29. The van der Waals surface area contributed by atoms with Crippen LogP contribution in [0.15, 0.2) is 59.2 Å². The van der Waals surface area contributed by atoms with Gasteiger partial charge in [-0.15, -0.1) is 0 Å². The maximum absolute atomic E-state index is 15.9. The molecular formula is C34H41BrFN5O. The van der Waals surface area contributed by atoms with Crippen LogP contribution in [0.4, 0.5) is 15.9 Å². The van der Waals surface area contributed by atoms with Crippen LogP contribution in [0, 0.1) is 19.7 Å². The molecular weight excluding hydrogens is 593 g/mol. The summed E-state index contributed by atoms with van der Waals surface area (Å²) < 4.78 is 22.6. The second kappa shape index (κ2) is 13.4. The van der Waals surface area contributed by atoms with E-state index in [1.54, 1.807) is 6.20 Å². The van der Waals surface area contributed by atoms with Gasteiger partial charge in [-0.2, -0.15) is 0 Å². The van der Waals surface area contributed by atoms with Gasteiger partial charge >= 0.3 is 0 Å². The number of benzene rings is 2. The summed E-state index contributed by atoms with van der Waals surface area (Å²) in [6.45, 7) is 7.83. The van der Waals surface area contributed by atoms with Crippen molar-refractivity contribution in [3.05, 3.63) is 87.4 Å². The van der Waals surface area contributed by atoms with Crippen molar-refractivity contribution in [2.75, 3.05) is 30.9 Å². The molecule has 8 heteroatoms. The van der Waals surface area contributed by atoms with E-state index in [1.807, 2.05) is 49.4 Å². The number of nitrogens with zero attached hydrogens (tertiary/aromatic N) is 4. The molecule has 2 heterocycles. The largest absolute Gasteiger partial charge is 0.473 e. The van der Waals surface area contributed by atoms with Gasteiger partial charge in [-0.3, -0.25) is 0 Å². The first-order chi connectivity index (χ1) is 20.3. The minimum atomic E-state index is -0.216. The number of pyridine rings is 2. The van der Waals surface area contributed by atoms with Gasteiger partial charge in [0.1, 0.15) is 12.4 Å². The van der Waals surface area contributed by atoms with Crippen LogP contribution in [0.25, 0.3) is 10.8 Å². The van der Waals surface area contributed by atoms with Crippen LogP contribution in [-0.4, -0.2) is 47.6 Å². The molecule has 2 aromatic heterocycles. The highest BCUT2D eigenvalue weighted by atomic mass is 79.9. The molecule has 222 valence electrons. The molecule has 6 nitrogen and oxygen atoms in total. The molecule has 0 spiro atoms. The molecule has 1 aliphatic rings. The van der Waals surface area contributed by atoms with Gasteiger partial charge in [0, 0.05) is 53.4 Å². The second-order valence-electron chi connectivity index (χ2n) is 11.5. The Morgan fingerprint density at radius 1 is 1.00 bits per heavy atom. The molecule has 4 aromatic rings. The minimum Gasteiger partial charge on any atom is -0.473 e. The number of aromatic nitrogens is 2. The van der Waals surface area contributed by atoms with Gasteiger partial charge in [-0.05, 0) is 106 Å². The van der Waals surface area contributed by atoms with Crippen molar-refractivity contribution < 1.29 is 9.13 Å². The van der Waals surface area contributed by atoms with Crippen molar-refractivity contribution >= 4 is 38.2 Å². The zero-order valence-electron chi connectivity index (χ0n) is 25.3. The molecule has 1 saturated carbocycles. The van der Waals surface area contributed by atoms with Crippen molar-refractivity contribution in [2.45, 2.75) is 71.7 Å². The monoisotopic (exact) mass is 633 g/mol. The summed E-state index contributed by atoms with van der Waals surface area (Å²) >= 11 is 3.53. The zero-order chi connectivity index (χ0) is 29.8. The lowest BCUT2D eigenvalue weighted by atomic mass is 9.89. The summed E-state index contributed by atoms with van der Waals surface area (Å²) in [5, 5.41) is 5.28. The van der Waals surface area contributed by atoms with E-state index >= 15 is 4.39 Å². The molecule has 0 amide bonds. The summed E-state index contributed by atoms with van der Waals surface area (Å²) in [4.78, 5) is 14.0. The maximum Gasteiger partial charge on any atom is 0.219 e. The predicted molar refractivity (Wildman–Crippen MR) is 174 cm³/mol. The molecule has 0 unspecified atom stereocenters. The first-order valence-corrected chi connectivity index (χ1v) is 15.6. The van der Waals surface area contributed by atoms with E-state index < -0.39 is 0 Å². The van der Waals surface area contributed by atoms with Gasteiger partial charge in [0.25, 0.3) is 0 Å². The average Bonchev–Trinajstić information content (AvgIpc) is 2.98. The minimum absolute atomic E-state index is 0.216. The van der Waals surface area contributed by atoms with Crippen LogP contribution in [0.1, 0.15) is 55.0 Å². The fraction of sp³-hybridized carbons (Fsp3) is 0.412. The summed E-state index contributed by atoms with van der Waals surface area (Å²) in [5.41, 5.74) is 4.72. The number of hydrogen-bond donors (Lipinski definition) is 1. The van der Waals surface area contributed by atoms with Crippen LogP contribution >= 0.6 is 15.9 Å². The van der Waals surface area contributed by atoms with Crippen molar-refractivity contribution in [3.8, 4) is 5.88 Å². The molecule has 0 radical (unpaired) electrons. The third-order valence-electron chi connectivity index (χ3n) is 8.49. The summed E-state index contributed by atoms with van der Waals surface area (Å²) in [7, 11) is 4.30. The summed E-state index contributed by atoms with van der Waals surface area (Å²) in [5.74, 6) is 1.10. The number of hydrogen-bond acceptors (Lipinski definition) is 6. The summed E-state index contributed by atoms with van der Waals surface area (Å²) in [6.07, 6.45) is 6.10. The first kappa shape index (κ1) is 30.2. The molecule has 0 aliphatic heterocycles.